The lowest BCUT2D eigenvalue weighted by Crippen LogP contribution is -2.41. The van der Waals surface area contributed by atoms with E-state index in [0.29, 0.717) is 0 Å². The number of carbonyl (C=O) groups is 1. The minimum absolute atomic E-state index is 0.0140. The number of amides is 1. The summed E-state index contributed by atoms with van der Waals surface area (Å²) in [6, 6.07) is 6.77. The highest BCUT2D eigenvalue weighted by Gasteiger charge is 2.51. The van der Waals surface area contributed by atoms with Gasteiger partial charge in [0.05, 0.1) is 11.2 Å². The molecule has 1 aromatic rings. The van der Waals surface area contributed by atoms with Crippen LogP contribution in [0.3, 0.4) is 0 Å². The van der Waals surface area contributed by atoms with Gasteiger partial charge in [-0.15, -0.1) is 0 Å². The number of likely N-dealkylation sites (N-methyl/N-ethyl adjacent to an activating group) is 1. The highest BCUT2D eigenvalue weighted by molar-refractivity contribution is 6.62. The van der Waals surface area contributed by atoms with E-state index in [1.54, 1.807) is 0 Å². The van der Waals surface area contributed by atoms with E-state index in [0.717, 1.165) is 31.3 Å². The van der Waals surface area contributed by atoms with E-state index >= 15 is 0 Å². The Hall–Kier alpha value is -1.79. The largest absolute Gasteiger partial charge is 0.494 e. The number of nitrogens with zero attached hydrogens (tertiary/aromatic N) is 1. The van der Waals surface area contributed by atoms with E-state index in [2.05, 4.69) is 63.2 Å². The molecule has 1 fully saturated rings. The summed E-state index contributed by atoms with van der Waals surface area (Å²) in [6.45, 7) is 13.2. The number of carbonyl (C=O) groups excluding carboxylic acids is 1. The first-order valence-corrected chi connectivity index (χ1v) is 11.2. The molecule has 4 rings (SSSR count). The normalized spacial score (nSPS) is 24.7. The van der Waals surface area contributed by atoms with Crippen molar-refractivity contribution < 1.29 is 14.1 Å². The summed E-state index contributed by atoms with van der Waals surface area (Å²) >= 11 is 0. The molecule has 6 heteroatoms. The highest BCUT2D eigenvalue weighted by Crippen LogP contribution is 2.42. The molecular weight excluding hydrogens is 375 g/mol. The average molecular weight is 410 g/mol. The lowest BCUT2D eigenvalue weighted by molar-refractivity contribution is -0.124. The van der Waals surface area contributed by atoms with Gasteiger partial charge in [-0.2, -0.15) is 0 Å². The van der Waals surface area contributed by atoms with Crippen molar-refractivity contribution in [3.8, 4) is 0 Å². The molecule has 0 spiro atoms. The fourth-order valence-corrected chi connectivity index (χ4v) is 4.58. The maximum Gasteiger partial charge on any atom is 0.494 e. The number of fused-ring (bicyclic) bond motifs is 2. The molecule has 162 valence electrons. The van der Waals surface area contributed by atoms with Gasteiger partial charge in [-0.05, 0) is 69.6 Å². The van der Waals surface area contributed by atoms with E-state index < -0.39 is 0 Å². The summed E-state index contributed by atoms with van der Waals surface area (Å²) in [4.78, 5) is 14.6. The number of hydrogen-bond donors (Lipinski definition) is 1. The molecule has 30 heavy (non-hydrogen) atoms. The minimum atomic E-state index is -0.364. The molecule has 3 aliphatic rings. The first-order valence-electron chi connectivity index (χ1n) is 11.2. The molecule has 0 saturated carbocycles. The van der Waals surface area contributed by atoms with Crippen molar-refractivity contribution in [2.75, 3.05) is 18.5 Å². The Morgan fingerprint density at radius 3 is 2.50 bits per heavy atom. The fourth-order valence-electron chi connectivity index (χ4n) is 4.58. The van der Waals surface area contributed by atoms with Gasteiger partial charge in [0.15, 0.2) is 0 Å². The third kappa shape index (κ3) is 3.69. The van der Waals surface area contributed by atoms with Crippen LogP contribution in [0.1, 0.15) is 66.4 Å². The molecule has 2 heterocycles. The van der Waals surface area contributed by atoms with Gasteiger partial charge in [0.25, 0.3) is 0 Å². The summed E-state index contributed by atoms with van der Waals surface area (Å²) in [7, 11) is 1.79. The molecule has 1 aliphatic carbocycles. The van der Waals surface area contributed by atoms with Crippen LogP contribution in [-0.2, 0) is 14.1 Å². The molecule has 1 N–H and O–H groups in total. The van der Waals surface area contributed by atoms with Crippen molar-refractivity contribution >= 4 is 29.7 Å². The lowest BCUT2D eigenvalue weighted by atomic mass is 9.74. The van der Waals surface area contributed by atoms with Crippen LogP contribution in [0.4, 0.5) is 5.69 Å². The van der Waals surface area contributed by atoms with E-state index in [9.17, 15) is 4.79 Å². The Kier molecular flexibility index (Phi) is 5.30. The second-order valence-electron chi connectivity index (χ2n) is 10.4. The molecule has 1 unspecified atom stereocenters. The van der Waals surface area contributed by atoms with Crippen molar-refractivity contribution in [3.63, 3.8) is 0 Å². The molecule has 0 bridgehead atoms. The van der Waals surface area contributed by atoms with Crippen molar-refractivity contribution in [3.05, 3.63) is 29.3 Å². The smallest absolute Gasteiger partial charge is 0.399 e. The van der Waals surface area contributed by atoms with Crippen molar-refractivity contribution in [2.24, 2.45) is 5.92 Å². The maximum atomic E-state index is 12.3. The second-order valence-corrected chi connectivity index (χ2v) is 10.4. The van der Waals surface area contributed by atoms with Crippen LogP contribution in [0.25, 0.3) is 5.57 Å². The van der Waals surface area contributed by atoms with Gasteiger partial charge in [0.2, 0.25) is 5.91 Å². The Balaban J connectivity index is 1.64. The zero-order valence-electron chi connectivity index (χ0n) is 19.5. The van der Waals surface area contributed by atoms with Gasteiger partial charge in [0, 0.05) is 36.8 Å². The summed E-state index contributed by atoms with van der Waals surface area (Å²) in [6.07, 6.45) is 2.93. The quantitative estimate of drug-likeness (QED) is 0.775. The standard InChI is InChI=1S/C24H35BN2O3/c1-15(2)22(28)26-18-10-8-16-14-27(7)21-11-9-17(12-20(21)19(16)13-18)25-29-23(3,4)24(5,6)30-25/h9,11-12,15,18H,8,10,13-14H2,1-7H3,(H,26,28). The van der Waals surface area contributed by atoms with Crippen LogP contribution in [0.15, 0.2) is 23.8 Å². The van der Waals surface area contributed by atoms with Crippen LogP contribution >= 0.6 is 0 Å². The Bertz CT molecular complexity index is 874. The van der Waals surface area contributed by atoms with Crippen LogP contribution in [-0.4, -0.2) is 43.9 Å². The molecule has 2 aliphatic heterocycles. The Labute approximate surface area is 181 Å². The van der Waals surface area contributed by atoms with Crippen LogP contribution in [0.5, 0.6) is 0 Å². The number of benzene rings is 1. The summed E-state index contributed by atoms with van der Waals surface area (Å²) in [5.74, 6) is 0.156. The number of rotatable bonds is 3. The maximum absolute atomic E-state index is 12.3. The zero-order valence-corrected chi connectivity index (χ0v) is 19.5. The van der Waals surface area contributed by atoms with E-state index in [-0.39, 0.29) is 36.2 Å². The highest BCUT2D eigenvalue weighted by atomic mass is 16.7. The van der Waals surface area contributed by atoms with E-state index in [4.69, 9.17) is 9.31 Å². The van der Waals surface area contributed by atoms with Crippen LogP contribution < -0.4 is 15.7 Å². The SMILES string of the molecule is CC(C)C(=O)NC1CCC2=C(C1)c1cc(B3OC(C)(C)C(C)(C)O3)ccc1N(C)C2. The predicted molar refractivity (Wildman–Crippen MR) is 123 cm³/mol. The number of nitrogens with one attached hydrogen (secondary N) is 1. The third-order valence-electron chi connectivity index (χ3n) is 7.25. The van der Waals surface area contributed by atoms with Gasteiger partial charge in [0.1, 0.15) is 0 Å². The topological polar surface area (TPSA) is 50.8 Å². The van der Waals surface area contributed by atoms with Crippen LogP contribution in [0, 0.1) is 5.92 Å². The average Bonchev–Trinajstić information content (AvgIpc) is 2.89. The first-order chi connectivity index (χ1) is 14.0. The monoisotopic (exact) mass is 410 g/mol. The molecule has 5 nitrogen and oxygen atoms in total. The number of hydrogen-bond acceptors (Lipinski definition) is 4. The second kappa shape index (κ2) is 7.42. The fraction of sp³-hybridized carbons (Fsp3) is 0.625. The molecule has 0 radical (unpaired) electrons. The summed E-state index contributed by atoms with van der Waals surface area (Å²) < 4.78 is 12.6. The summed E-state index contributed by atoms with van der Waals surface area (Å²) in [5, 5.41) is 3.25. The van der Waals surface area contributed by atoms with Crippen molar-refractivity contribution in [1.82, 2.24) is 5.32 Å². The first kappa shape index (κ1) is 21.4. The molecule has 1 saturated heterocycles. The van der Waals surface area contributed by atoms with E-state index in [1.807, 2.05) is 13.8 Å². The molecule has 0 aromatic heterocycles. The lowest BCUT2D eigenvalue weighted by Gasteiger charge is -2.37. The van der Waals surface area contributed by atoms with Gasteiger partial charge >= 0.3 is 7.12 Å². The minimum Gasteiger partial charge on any atom is -0.399 e. The van der Waals surface area contributed by atoms with Gasteiger partial charge in [-0.25, -0.2) is 0 Å². The van der Waals surface area contributed by atoms with Gasteiger partial charge < -0.3 is 19.5 Å². The van der Waals surface area contributed by atoms with Crippen molar-refractivity contribution in [2.45, 2.75) is 78.0 Å². The Morgan fingerprint density at radius 2 is 1.87 bits per heavy atom. The van der Waals surface area contributed by atoms with E-state index in [1.165, 1.54) is 22.4 Å². The number of anilines is 1. The molecule has 1 aromatic carbocycles. The van der Waals surface area contributed by atoms with Gasteiger partial charge in [-0.3, -0.25) is 4.79 Å². The molecule has 1 atom stereocenters. The molecular formula is C24H35BN2O3. The Morgan fingerprint density at radius 1 is 1.20 bits per heavy atom. The zero-order chi connectivity index (χ0) is 21.8. The third-order valence-corrected chi connectivity index (χ3v) is 7.25. The predicted octanol–water partition coefficient (Wildman–Crippen LogP) is 3.51. The van der Waals surface area contributed by atoms with Crippen LogP contribution in [0.2, 0.25) is 0 Å². The molecule has 1 amide bonds. The summed E-state index contributed by atoms with van der Waals surface area (Å²) in [5.41, 5.74) is 5.73. The van der Waals surface area contributed by atoms with Crippen molar-refractivity contribution in [1.29, 1.82) is 0 Å². The van der Waals surface area contributed by atoms with Gasteiger partial charge in [-0.1, -0.05) is 26.0 Å².